The standard InChI is InChI=1S/C26H29N7O3.C15H21IN6O2.C11H10BNO3.C11H8BrNO/c1-26(2,3)36-25(34)32-13-7-8-17(15-32)33-24-21(23(27)29-16-30-24)22(31-33)20-12-11-19(14-28-20)35-18-9-5-4-6-10-18;1-15(2,3)24-14(23)21-6-4-5-9(7-21)22-13-10(11(16)20-22)12(17)18-8-19-13;14-12(15)11-7-6-10(8-13-11)16-9-4-2-1-3-5-9;12-11-7-6-10(8-13-11)14-9-4-2-1-3-5-9/h4-6,9-12,14,16-17H,7-8,13,15H2,1-3H3,(H2,27,29,30);8-9H,4-7H2,1-3H3,(H2,17,18,19);1-8,14-15H;1-8H/t17-;9-;;/m11../s1. The topological polar surface area (TPSA) is 305 Å². The van der Waals surface area contributed by atoms with Gasteiger partial charge in [-0.2, -0.15) is 10.2 Å². The van der Waals surface area contributed by atoms with Gasteiger partial charge in [-0.3, -0.25) is 9.97 Å². The van der Waals surface area contributed by atoms with Crippen LogP contribution in [0.5, 0.6) is 34.5 Å². The molecule has 9 heterocycles. The van der Waals surface area contributed by atoms with E-state index in [9.17, 15) is 9.59 Å². The molecule has 2 aliphatic heterocycles. The van der Waals surface area contributed by atoms with Crippen LogP contribution in [0.2, 0.25) is 0 Å². The lowest BCUT2D eigenvalue weighted by Gasteiger charge is -2.34. The van der Waals surface area contributed by atoms with Gasteiger partial charge < -0.3 is 55.0 Å². The van der Waals surface area contributed by atoms with Crippen molar-refractivity contribution >= 4 is 97.1 Å². The number of para-hydroxylation sites is 3. The molecule has 7 aromatic heterocycles. The Kier molecular flexibility index (Phi) is 21.8. The van der Waals surface area contributed by atoms with E-state index >= 15 is 0 Å². The zero-order chi connectivity index (χ0) is 64.0. The molecule has 466 valence electrons. The Morgan fingerprint density at radius 3 is 1.40 bits per heavy atom. The number of nitrogens with zero attached hydrogens (tertiary/aromatic N) is 13. The largest absolute Gasteiger partial charge is 0.508 e. The van der Waals surface area contributed by atoms with E-state index in [2.05, 4.69) is 78.5 Å². The monoisotopic (exact) mass is 1400 g/mol. The van der Waals surface area contributed by atoms with E-state index < -0.39 is 18.3 Å². The molecular formula is C63H68BBrIN15O9. The quantitative estimate of drug-likeness (QED) is 0.0562. The number of aromatic nitrogens is 11. The molecule has 10 aromatic rings. The number of benzene rings is 3. The Morgan fingerprint density at radius 1 is 0.544 bits per heavy atom. The number of ether oxygens (including phenoxy) is 5. The first-order valence-electron chi connectivity index (χ1n) is 28.8. The molecule has 2 aliphatic rings. The molecule has 27 heteroatoms. The highest BCUT2D eigenvalue weighted by molar-refractivity contribution is 14.1. The molecule has 24 nitrogen and oxygen atoms in total. The average molecular weight is 1400 g/mol. The van der Waals surface area contributed by atoms with E-state index in [1.165, 1.54) is 24.9 Å². The summed E-state index contributed by atoms with van der Waals surface area (Å²) >= 11 is 5.40. The number of rotatable bonds is 10. The number of amides is 2. The lowest BCUT2D eigenvalue weighted by molar-refractivity contribution is 0.0159. The molecule has 6 N–H and O–H groups in total. The maximum atomic E-state index is 12.7. The first kappa shape index (κ1) is 65.4. The predicted molar refractivity (Wildman–Crippen MR) is 353 cm³/mol. The molecule has 0 unspecified atom stereocenters. The molecule has 2 amide bonds. The van der Waals surface area contributed by atoms with E-state index in [-0.39, 0.29) is 29.9 Å². The van der Waals surface area contributed by atoms with E-state index in [0.717, 1.165) is 56.6 Å². The summed E-state index contributed by atoms with van der Waals surface area (Å²) in [6.45, 7) is 13.5. The van der Waals surface area contributed by atoms with Gasteiger partial charge in [-0.15, -0.1) is 0 Å². The van der Waals surface area contributed by atoms with Crippen molar-refractivity contribution in [1.82, 2.24) is 64.2 Å². The van der Waals surface area contributed by atoms with Crippen molar-refractivity contribution in [1.29, 1.82) is 0 Å². The van der Waals surface area contributed by atoms with Crippen LogP contribution in [0.15, 0.2) is 163 Å². The van der Waals surface area contributed by atoms with Crippen molar-refractivity contribution < 1.29 is 43.3 Å². The Morgan fingerprint density at radius 2 is 0.978 bits per heavy atom. The van der Waals surface area contributed by atoms with Crippen LogP contribution in [0.1, 0.15) is 79.3 Å². The van der Waals surface area contributed by atoms with Gasteiger partial charge in [0.05, 0.1) is 52.7 Å². The summed E-state index contributed by atoms with van der Waals surface area (Å²) in [5.74, 6) is 4.90. The first-order valence-corrected chi connectivity index (χ1v) is 30.7. The van der Waals surface area contributed by atoms with Crippen LogP contribution in [0, 0.1) is 3.70 Å². The number of halogens is 2. The molecule has 2 saturated heterocycles. The van der Waals surface area contributed by atoms with Gasteiger partial charge in [-0.1, -0.05) is 54.6 Å². The Balaban J connectivity index is 0.000000153. The Labute approximate surface area is 542 Å². The number of carbonyl (C=O) groups is 2. The van der Waals surface area contributed by atoms with Gasteiger partial charge >= 0.3 is 19.3 Å². The van der Waals surface area contributed by atoms with Crippen molar-refractivity contribution in [3.8, 4) is 45.9 Å². The van der Waals surface area contributed by atoms with Crippen LogP contribution in [0.3, 0.4) is 0 Å². The highest BCUT2D eigenvalue weighted by Crippen LogP contribution is 2.35. The molecule has 90 heavy (non-hydrogen) atoms. The number of nitrogen functional groups attached to an aromatic ring is 2. The molecule has 0 bridgehead atoms. The number of anilines is 2. The van der Waals surface area contributed by atoms with Crippen LogP contribution in [0.25, 0.3) is 33.5 Å². The third kappa shape index (κ3) is 18.1. The Bertz CT molecular complexity index is 3960. The zero-order valence-corrected chi connectivity index (χ0v) is 54.1. The molecule has 12 rings (SSSR count). The maximum absolute atomic E-state index is 12.7. The smallest absolute Gasteiger partial charge is 0.456 e. The fourth-order valence-corrected chi connectivity index (χ4v) is 10.4. The summed E-state index contributed by atoms with van der Waals surface area (Å²) < 4.78 is 33.3. The van der Waals surface area contributed by atoms with Gasteiger partial charge in [0.25, 0.3) is 0 Å². The summed E-state index contributed by atoms with van der Waals surface area (Å²) in [6.07, 6.45) is 10.5. The van der Waals surface area contributed by atoms with Crippen molar-refractivity contribution in [2.75, 3.05) is 37.6 Å². The molecular weight excluding hydrogens is 1330 g/mol. The molecule has 0 aliphatic carbocycles. The van der Waals surface area contributed by atoms with Gasteiger partial charge in [0.2, 0.25) is 0 Å². The molecule has 2 fully saturated rings. The summed E-state index contributed by atoms with van der Waals surface area (Å²) in [4.78, 5) is 58.1. The number of piperidine rings is 2. The summed E-state index contributed by atoms with van der Waals surface area (Å²) in [5, 5.41) is 28.6. The lowest BCUT2D eigenvalue weighted by atomic mass is 9.86. The number of carbonyl (C=O) groups excluding carboxylic acids is 2. The van der Waals surface area contributed by atoms with Crippen molar-refractivity contribution in [3.05, 3.63) is 167 Å². The molecule has 2 atom stereocenters. The highest BCUT2D eigenvalue weighted by atomic mass is 127. The number of pyridine rings is 3. The fraction of sp³-hybridized carbons (Fsp3) is 0.286. The van der Waals surface area contributed by atoms with Crippen molar-refractivity contribution in [2.45, 2.75) is 90.5 Å². The number of likely N-dealkylation sites (tertiary alicyclic amines) is 2. The first-order chi connectivity index (χ1) is 43.1. The molecule has 0 saturated carbocycles. The predicted octanol–water partition coefficient (Wildman–Crippen LogP) is 11.6. The Hall–Kier alpha value is -9.06. The third-order valence-electron chi connectivity index (χ3n) is 13.4. The maximum Gasteiger partial charge on any atom is 0.508 e. The molecule has 0 radical (unpaired) electrons. The number of hydrogen-bond acceptors (Lipinski definition) is 20. The van der Waals surface area contributed by atoms with E-state index in [4.69, 9.17) is 50.3 Å². The number of fused-ring (bicyclic) bond motifs is 2. The molecule has 0 spiro atoms. The molecule has 3 aromatic carbocycles. The van der Waals surface area contributed by atoms with Gasteiger partial charge in [-0.25, -0.2) is 43.9 Å². The van der Waals surface area contributed by atoms with Crippen LogP contribution in [-0.4, -0.2) is 131 Å². The van der Waals surface area contributed by atoms with Crippen molar-refractivity contribution in [2.24, 2.45) is 0 Å². The van der Waals surface area contributed by atoms with E-state index in [1.807, 2.05) is 166 Å². The normalized spacial score (nSPS) is 14.8. The average Bonchev–Trinajstić information content (AvgIpc) is 1.84. The van der Waals surface area contributed by atoms with Gasteiger partial charge in [0.15, 0.2) is 11.3 Å². The van der Waals surface area contributed by atoms with Gasteiger partial charge in [0, 0.05) is 26.2 Å². The van der Waals surface area contributed by atoms with Crippen LogP contribution < -0.4 is 31.3 Å². The summed E-state index contributed by atoms with van der Waals surface area (Å²) in [7, 11) is -1.55. The minimum Gasteiger partial charge on any atom is -0.456 e. The summed E-state index contributed by atoms with van der Waals surface area (Å²) in [6, 6.07) is 38.9. The van der Waals surface area contributed by atoms with Crippen LogP contribution in [-0.2, 0) is 9.47 Å². The SMILES string of the molecule is Brc1ccc(Oc2ccccc2)cn1.CC(C)(C)OC(=O)N1CCC[C@@H](n2nc(-c3ccc(Oc4ccccc4)cn3)c3c(N)ncnc32)C1.CC(C)(C)OC(=O)N1CCC[C@@H](n2nc(I)c3c(N)ncnc32)C1.OB(O)c1ccc(Oc2ccccc2)cn1. The lowest BCUT2D eigenvalue weighted by Crippen LogP contribution is -2.43. The van der Waals surface area contributed by atoms with Crippen LogP contribution in [0.4, 0.5) is 21.2 Å². The van der Waals surface area contributed by atoms with E-state index in [1.54, 1.807) is 28.3 Å². The number of nitrogens with two attached hydrogens (primary N) is 2. The zero-order valence-electron chi connectivity index (χ0n) is 50.4. The van der Waals surface area contributed by atoms with Crippen LogP contribution >= 0.6 is 38.5 Å². The van der Waals surface area contributed by atoms with Crippen molar-refractivity contribution in [3.63, 3.8) is 0 Å². The number of hydrogen-bond donors (Lipinski definition) is 4. The second-order valence-corrected chi connectivity index (χ2v) is 24.5. The van der Waals surface area contributed by atoms with Gasteiger partial charge in [0.1, 0.15) is 84.0 Å². The van der Waals surface area contributed by atoms with Gasteiger partial charge in [-0.05, 0) is 179 Å². The highest BCUT2D eigenvalue weighted by Gasteiger charge is 2.33. The minimum atomic E-state index is -1.55. The fourth-order valence-electron chi connectivity index (χ4n) is 9.41. The second kappa shape index (κ2) is 30.0. The summed E-state index contributed by atoms with van der Waals surface area (Å²) in [5.41, 5.74) is 13.9. The minimum absolute atomic E-state index is 0.0478. The second-order valence-electron chi connectivity index (χ2n) is 22.6. The van der Waals surface area contributed by atoms with E-state index in [0.29, 0.717) is 83.1 Å². The third-order valence-corrected chi connectivity index (χ3v) is 14.6.